The quantitative estimate of drug-likeness (QED) is 0.392. The lowest BCUT2D eigenvalue weighted by Crippen LogP contribution is -2.52. The molecule has 1 atom stereocenters. The summed E-state index contributed by atoms with van der Waals surface area (Å²) >= 11 is 18.9. The molecule has 0 aromatic heterocycles. The fourth-order valence-electron chi connectivity index (χ4n) is 3.56. The Balaban J connectivity index is 2.51. The van der Waals surface area contributed by atoms with E-state index < -0.39 is 28.5 Å². The highest BCUT2D eigenvalue weighted by Crippen LogP contribution is 2.31. The molecule has 2 aromatic carbocycles. The van der Waals surface area contributed by atoms with E-state index in [1.807, 2.05) is 6.92 Å². The number of benzene rings is 2. The van der Waals surface area contributed by atoms with Crippen molar-refractivity contribution in [2.45, 2.75) is 39.3 Å². The van der Waals surface area contributed by atoms with Crippen LogP contribution in [-0.2, 0) is 26.2 Å². The van der Waals surface area contributed by atoms with Crippen LogP contribution in [0.1, 0.15) is 32.3 Å². The lowest BCUT2D eigenvalue weighted by Gasteiger charge is -2.33. The van der Waals surface area contributed by atoms with E-state index in [-0.39, 0.29) is 29.6 Å². The van der Waals surface area contributed by atoms with E-state index >= 15 is 0 Å². The summed E-state index contributed by atoms with van der Waals surface area (Å²) in [6.07, 6.45) is 1.99. The summed E-state index contributed by atoms with van der Waals surface area (Å²) in [6, 6.07) is 8.45. The monoisotopic (exact) mass is 577 g/mol. The van der Waals surface area contributed by atoms with Gasteiger partial charge in [0.2, 0.25) is 21.8 Å². The third kappa shape index (κ3) is 7.65. The van der Waals surface area contributed by atoms with Crippen LogP contribution >= 0.6 is 34.8 Å². The first kappa shape index (κ1) is 30.0. The largest absolute Gasteiger partial charge is 0.495 e. The number of amides is 2. The molecule has 0 saturated carbocycles. The third-order valence-corrected chi connectivity index (χ3v) is 7.57. The molecule has 0 aliphatic heterocycles. The molecule has 0 radical (unpaired) electrons. The van der Waals surface area contributed by atoms with E-state index in [4.69, 9.17) is 39.5 Å². The summed E-state index contributed by atoms with van der Waals surface area (Å²) in [7, 11) is -2.47. The minimum atomic E-state index is -3.91. The standard InChI is InChI=1S/C24H30Cl3N3O5S/c1-5-12-28-24(32)21(6-2)29(14-17-18(25)8-7-9-19(17)26)23(31)15-30(36(4,33)34)16-10-11-22(35-3)20(27)13-16/h7-11,13,21H,5-6,12,14-15H2,1-4H3,(H,28,32)/t21-/m0/s1. The van der Waals surface area contributed by atoms with Crippen molar-refractivity contribution in [1.29, 1.82) is 0 Å². The molecule has 0 heterocycles. The van der Waals surface area contributed by atoms with Crippen LogP contribution in [0.5, 0.6) is 5.75 Å². The maximum Gasteiger partial charge on any atom is 0.244 e. The van der Waals surface area contributed by atoms with Crippen LogP contribution in [0.3, 0.4) is 0 Å². The summed E-state index contributed by atoms with van der Waals surface area (Å²) in [6.45, 7) is 3.46. The number of halogens is 3. The van der Waals surface area contributed by atoms with Crippen LogP contribution in [-0.4, -0.2) is 57.6 Å². The van der Waals surface area contributed by atoms with Gasteiger partial charge in [-0.3, -0.25) is 13.9 Å². The van der Waals surface area contributed by atoms with E-state index in [0.29, 0.717) is 34.3 Å². The van der Waals surface area contributed by atoms with Gasteiger partial charge in [-0.2, -0.15) is 0 Å². The minimum absolute atomic E-state index is 0.0869. The predicted octanol–water partition coefficient (Wildman–Crippen LogP) is 4.76. The van der Waals surface area contributed by atoms with Gasteiger partial charge in [0.05, 0.1) is 24.1 Å². The third-order valence-electron chi connectivity index (χ3n) is 5.43. The molecule has 8 nitrogen and oxygen atoms in total. The number of ether oxygens (including phenoxy) is 1. The number of sulfonamides is 1. The molecule has 2 amide bonds. The van der Waals surface area contributed by atoms with Gasteiger partial charge in [-0.15, -0.1) is 0 Å². The van der Waals surface area contributed by atoms with E-state index in [2.05, 4.69) is 5.32 Å². The van der Waals surface area contributed by atoms with Crippen LogP contribution in [0.4, 0.5) is 5.69 Å². The summed E-state index contributed by atoms with van der Waals surface area (Å²) in [5.41, 5.74) is 0.630. The summed E-state index contributed by atoms with van der Waals surface area (Å²) in [5, 5.41) is 3.64. The Morgan fingerprint density at radius 3 is 2.19 bits per heavy atom. The maximum absolute atomic E-state index is 13.7. The van der Waals surface area contributed by atoms with Gasteiger partial charge in [0.15, 0.2) is 0 Å². The van der Waals surface area contributed by atoms with Gasteiger partial charge < -0.3 is 15.0 Å². The van der Waals surface area contributed by atoms with Gasteiger partial charge in [0.1, 0.15) is 18.3 Å². The number of nitrogens with zero attached hydrogens (tertiary/aromatic N) is 2. The molecule has 0 fully saturated rings. The highest BCUT2D eigenvalue weighted by Gasteiger charge is 2.32. The Labute approximate surface area is 227 Å². The molecule has 0 spiro atoms. The van der Waals surface area contributed by atoms with E-state index in [1.54, 1.807) is 25.1 Å². The average Bonchev–Trinajstić information content (AvgIpc) is 2.81. The molecule has 12 heteroatoms. The van der Waals surface area contributed by atoms with Gasteiger partial charge in [-0.1, -0.05) is 54.7 Å². The molecular formula is C24H30Cl3N3O5S. The zero-order valence-electron chi connectivity index (χ0n) is 20.6. The molecule has 198 valence electrons. The minimum Gasteiger partial charge on any atom is -0.495 e. The summed E-state index contributed by atoms with van der Waals surface area (Å²) in [5.74, 6) is -0.607. The Morgan fingerprint density at radius 2 is 1.69 bits per heavy atom. The first-order chi connectivity index (χ1) is 16.9. The van der Waals surface area contributed by atoms with Gasteiger partial charge in [-0.05, 0) is 43.2 Å². The van der Waals surface area contributed by atoms with E-state index in [0.717, 1.165) is 10.6 Å². The number of hydrogen-bond donors (Lipinski definition) is 1. The predicted molar refractivity (Wildman–Crippen MR) is 145 cm³/mol. The van der Waals surface area contributed by atoms with Crippen molar-refractivity contribution in [2.75, 3.05) is 30.8 Å². The highest BCUT2D eigenvalue weighted by atomic mass is 35.5. The fourth-order valence-corrected chi connectivity index (χ4v) is 5.17. The first-order valence-corrected chi connectivity index (χ1v) is 14.2. The molecule has 1 N–H and O–H groups in total. The Bertz CT molecular complexity index is 1170. The van der Waals surface area contributed by atoms with Crippen LogP contribution in [0.25, 0.3) is 0 Å². The van der Waals surface area contributed by atoms with Crippen molar-refractivity contribution < 1.29 is 22.7 Å². The fraction of sp³-hybridized carbons (Fsp3) is 0.417. The first-order valence-electron chi connectivity index (χ1n) is 11.3. The van der Waals surface area contributed by atoms with Gasteiger partial charge in [0, 0.05) is 28.7 Å². The van der Waals surface area contributed by atoms with Crippen LogP contribution in [0, 0.1) is 0 Å². The van der Waals surface area contributed by atoms with Crippen molar-refractivity contribution in [3.8, 4) is 5.75 Å². The molecule has 0 bridgehead atoms. The lowest BCUT2D eigenvalue weighted by molar-refractivity contribution is -0.140. The van der Waals surface area contributed by atoms with Crippen LogP contribution < -0.4 is 14.4 Å². The zero-order chi connectivity index (χ0) is 27.0. The smallest absolute Gasteiger partial charge is 0.244 e. The van der Waals surface area contributed by atoms with Crippen molar-refractivity contribution in [3.63, 3.8) is 0 Å². The SMILES string of the molecule is CCCNC(=O)[C@H](CC)N(Cc1c(Cl)cccc1Cl)C(=O)CN(c1ccc(OC)c(Cl)c1)S(C)(=O)=O. The Morgan fingerprint density at radius 1 is 1.06 bits per heavy atom. The number of methoxy groups -OCH3 is 1. The second-order valence-electron chi connectivity index (χ2n) is 8.03. The summed E-state index contributed by atoms with van der Waals surface area (Å²) < 4.78 is 31.5. The second kappa shape index (κ2) is 13.4. The highest BCUT2D eigenvalue weighted by molar-refractivity contribution is 7.92. The van der Waals surface area contributed by atoms with Crippen molar-refractivity contribution in [1.82, 2.24) is 10.2 Å². The Hall–Kier alpha value is -2.20. The number of hydrogen-bond acceptors (Lipinski definition) is 5. The van der Waals surface area contributed by atoms with Gasteiger partial charge in [-0.25, -0.2) is 8.42 Å². The van der Waals surface area contributed by atoms with E-state index in [1.165, 1.54) is 30.2 Å². The molecular weight excluding hydrogens is 549 g/mol. The topological polar surface area (TPSA) is 96.0 Å². The molecule has 0 unspecified atom stereocenters. The number of carbonyl (C=O) groups is 2. The number of nitrogens with one attached hydrogen (secondary N) is 1. The van der Waals surface area contributed by atoms with Crippen LogP contribution in [0.15, 0.2) is 36.4 Å². The molecule has 0 saturated heterocycles. The van der Waals surface area contributed by atoms with Crippen molar-refractivity contribution in [3.05, 3.63) is 57.0 Å². The zero-order valence-corrected chi connectivity index (χ0v) is 23.6. The van der Waals surface area contributed by atoms with Crippen molar-refractivity contribution >= 4 is 62.3 Å². The van der Waals surface area contributed by atoms with Crippen molar-refractivity contribution in [2.24, 2.45) is 0 Å². The number of anilines is 1. The number of rotatable bonds is 12. The second-order valence-corrected chi connectivity index (χ2v) is 11.2. The van der Waals surface area contributed by atoms with Gasteiger partial charge >= 0.3 is 0 Å². The summed E-state index contributed by atoms with van der Waals surface area (Å²) in [4.78, 5) is 28.0. The van der Waals surface area contributed by atoms with E-state index in [9.17, 15) is 18.0 Å². The van der Waals surface area contributed by atoms with Gasteiger partial charge in [0.25, 0.3) is 0 Å². The lowest BCUT2D eigenvalue weighted by atomic mass is 10.1. The normalized spacial score (nSPS) is 12.1. The molecule has 0 aliphatic carbocycles. The molecule has 0 aliphatic rings. The maximum atomic E-state index is 13.7. The molecule has 2 rings (SSSR count). The molecule has 2 aromatic rings. The average molecular weight is 579 g/mol. The Kier molecular flexibility index (Phi) is 11.2. The number of carbonyl (C=O) groups excluding carboxylic acids is 2. The van der Waals surface area contributed by atoms with Crippen LogP contribution in [0.2, 0.25) is 15.1 Å². The molecule has 36 heavy (non-hydrogen) atoms.